The molecule has 3 atom stereocenters. The molecule has 3 unspecified atom stereocenters. The van der Waals surface area contributed by atoms with Crippen molar-refractivity contribution in [1.29, 1.82) is 0 Å². The van der Waals surface area contributed by atoms with Gasteiger partial charge in [0, 0.05) is 36.8 Å². The number of pyridine rings is 1. The third-order valence-electron chi connectivity index (χ3n) is 8.30. The number of benzene rings is 1. The molecule has 3 saturated heterocycles. The molecule has 5 N–H and O–H groups in total. The Labute approximate surface area is 242 Å². The van der Waals surface area contributed by atoms with Crippen molar-refractivity contribution < 1.29 is 19.4 Å². The van der Waals surface area contributed by atoms with Gasteiger partial charge in [-0.1, -0.05) is 23.2 Å². The first-order valence-electron chi connectivity index (χ1n) is 12.9. The highest BCUT2D eigenvalue weighted by Gasteiger charge is 2.65. The zero-order chi connectivity index (χ0) is 28.6. The lowest BCUT2D eigenvalue weighted by atomic mass is 9.59. The van der Waals surface area contributed by atoms with Crippen LogP contribution in [-0.2, 0) is 16.1 Å². The minimum absolute atomic E-state index is 0.0639. The summed E-state index contributed by atoms with van der Waals surface area (Å²) in [6.45, 7) is 1.29. The maximum atomic E-state index is 13.2. The molecule has 14 heteroatoms. The average Bonchev–Trinajstić information content (AvgIpc) is 3.29. The van der Waals surface area contributed by atoms with Gasteiger partial charge in [0.15, 0.2) is 0 Å². The number of primary amides is 1. The van der Waals surface area contributed by atoms with E-state index in [1.54, 1.807) is 12.3 Å². The Morgan fingerprint density at radius 1 is 1.24 bits per heavy atom. The molecule has 210 valence electrons. The van der Waals surface area contributed by atoms with Crippen molar-refractivity contribution in [3.05, 3.63) is 62.9 Å². The average molecular weight is 596 g/mol. The molecule has 1 aliphatic carbocycles. The monoisotopic (exact) mass is 595 g/mol. The minimum atomic E-state index is -0.892. The van der Waals surface area contributed by atoms with E-state index in [1.165, 1.54) is 35.6 Å². The van der Waals surface area contributed by atoms with Crippen molar-refractivity contribution in [2.24, 2.45) is 11.7 Å². The van der Waals surface area contributed by atoms with E-state index < -0.39 is 23.1 Å². The SMILES string of the molecule is NC(=O)c1cc(-c2cn(CC(=O)Nc3cc(N4CC5OC6(CCC56)C4)ncc3Cl)c3nc[nH]c(=O)c23)cc(Cl)c1O. The number of ether oxygens (including phenoxy) is 1. The number of carbonyl (C=O) groups excluding carboxylic acids is 2. The molecule has 4 fully saturated rings. The van der Waals surface area contributed by atoms with Crippen LogP contribution in [0.3, 0.4) is 0 Å². The molecular weight excluding hydrogens is 573 g/mol. The lowest BCUT2D eigenvalue weighted by Crippen LogP contribution is -2.77. The molecule has 4 aliphatic rings. The largest absolute Gasteiger partial charge is 0.506 e. The predicted octanol–water partition coefficient (Wildman–Crippen LogP) is 2.90. The molecule has 0 radical (unpaired) electrons. The number of hydrogen-bond acceptors (Lipinski definition) is 8. The third-order valence-corrected chi connectivity index (χ3v) is 8.89. The van der Waals surface area contributed by atoms with Crippen molar-refractivity contribution in [2.45, 2.75) is 31.1 Å². The molecular formula is C27H23Cl2N7O5. The van der Waals surface area contributed by atoms with Crippen LogP contribution in [0.25, 0.3) is 22.2 Å². The number of H-pyrrole nitrogens is 1. The first kappa shape index (κ1) is 25.8. The Kier molecular flexibility index (Phi) is 5.79. The number of fused-ring (bicyclic) bond motifs is 3. The molecule has 6 heterocycles. The second-order valence-electron chi connectivity index (χ2n) is 10.6. The fourth-order valence-corrected chi connectivity index (χ4v) is 6.62. The normalized spacial score (nSPS) is 22.5. The molecule has 3 aromatic heterocycles. The van der Waals surface area contributed by atoms with Gasteiger partial charge in [0.1, 0.15) is 23.8 Å². The van der Waals surface area contributed by atoms with Crippen LogP contribution < -0.4 is 21.5 Å². The second kappa shape index (κ2) is 9.20. The number of aromatic nitrogens is 4. The van der Waals surface area contributed by atoms with Crippen molar-refractivity contribution in [2.75, 3.05) is 23.3 Å². The van der Waals surface area contributed by atoms with Gasteiger partial charge < -0.3 is 35.3 Å². The van der Waals surface area contributed by atoms with Crippen molar-refractivity contribution >= 4 is 57.6 Å². The summed E-state index contributed by atoms with van der Waals surface area (Å²) in [7, 11) is 0. The van der Waals surface area contributed by atoms with E-state index in [1.807, 2.05) is 0 Å². The smallest absolute Gasteiger partial charge is 0.260 e. The Hall–Kier alpha value is -4.13. The summed E-state index contributed by atoms with van der Waals surface area (Å²) in [5.41, 5.74) is 5.97. The second-order valence-corrected chi connectivity index (χ2v) is 11.5. The molecule has 3 aliphatic heterocycles. The number of halogens is 2. The van der Waals surface area contributed by atoms with Gasteiger partial charge >= 0.3 is 0 Å². The number of morpholine rings is 1. The van der Waals surface area contributed by atoms with Crippen molar-refractivity contribution in [3.63, 3.8) is 0 Å². The lowest BCUT2D eigenvalue weighted by molar-refractivity contribution is -0.319. The molecule has 1 saturated carbocycles. The fraction of sp³-hybridized carbons (Fsp3) is 0.296. The molecule has 2 amide bonds. The summed E-state index contributed by atoms with van der Waals surface area (Å²) < 4.78 is 7.57. The van der Waals surface area contributed by atoms with Gasteiger partial charge in [-0.3, -0.25) is 14.4 Å². The quantitative estimate of drug-likeness (QED) is 0.264. The maximum Gasteiger partial charge on any atom is 0.260 e. The number of rotatable bonds is 6. The zero-order valence-electron chi connectivity index (χ0n) is 21.4. The highest BCUT2D eigenvalue weighted by molar-refractivity contribution is 6.34. The standard InChI is InChI=1S/C27H23Cl2N7O5/c28-16-4-12(3-13(23(16)38)24(30)39)14-7-35(25-22(14)26(40)33-11-32-25)9-21(37)34-18-5-20(31-6-17(18)29)36-8-19-15-1-2-27(15,10-36)41-19/h3-7,11,15,19,38H,1-2,8-10H2,(H2,30,39)(H,31,34,37)(H,32,33,40). The van der Waals surface area contributed by atoms with Crippen molar-refractivity contribution in [1.82, 2.24) is 19.5 Å². The van der Waals surface area contributed by atoms with E-state index in [0.717, 1.165) is 19.5 Å². The summed E-state index contributed by atoms with van der Waals surface area (Å²) >= 11 is 12.5. The number of hydrogen-bond donors (Lipinski definition) is 4. The van der Waals surface area contributed by atoms with Crippen LogP contribution in [0.1, 0.15) is 23.2 Å². The highest BCUT2D eigenvalue weighted by Crippen LogP contribution is 2.57. The summed E-state index contributed by atoms with van der Waals surface area (Å²) in [6, 6.07) is 4.48. The number of anilines is 2. The fourth-order valence-electron chi connectivity index (χ4n) is 6.25. The number of nitrogens with one attached hydrogen (secondary N) is 2. The number of amides is 2. The number of phenols is 1. The van der Waals surface area contributed by atoms with Gasteiger partial charge in [-0.05, 0) is 30.5 Å². The van der Waals surface area contributed by atoms with Crippen LogP contribution in [0.4, 0.5) is 11.5 Å². The van der Waals surface area contributed by atoms with Gasteiger partial charge in [0.25, 0.3) is 11.5 Å². The van der Waals surface area contributed by atoms with Crippen molar-refractivity contribution in [3.8, 4) is 16.9 Å². The molecule has 41 heavy (non-hydrogen) atoms. The summed E-state index contributed by atoms with van der Waals surface area (Å²) in [5.74, 6) is -0.436. The number of nitrogens with two attached hydrogens (primary N) is 1. The van der Waals surface area contributed by atoms with E-state index in [2.05, 4.69) is 25.2 Å². The van der Waals surface area contributed by atoms with Gasteiger partial charge in [-0.25, -0.2) is 9.97 Å². The van der Waals surface area contributed by atoms with Gasteiger partial charge in [0.05, 0.1) is 50.9 Å². The van der Waals surface area contributed by atoms with E-state index in [4.69, 9.17) is 33.7 Å². The van der Waals surface area contributed by atoms with Crippen LogP contribution in [0.15, 0.2) is 41.7 Å². The van der Waals surface area contributed by atoms with E-state index in [9.17, 15) is 19.5 Å². The maximum absolute atomic E-state index is 13.2. The molecule has 1 spiro atoms. The highest BCUT2D eigenvalue weighted by atomic mass is 35.5. The topological polar surface area (TPSA) is 168 Å². The molecule has 1 aromatic carbocycles. The number of aromatic hydroxyl groups is 1. The molecule has 2 bridgehead atoms. The van der Waals surface area contributed by atoms with E-state index >= 15 is 0 Å². The van der Waals surface area contributed by atoms with Gasteiger partial charge in [-0.2, -0.15) is 0 Å². The van der Waals surface area contributed by atoms with Gasteiger partial charge in [0.2, 0.25) is 5.91 Å². The number of piperidine rings is 1. The molecule has 4 aromatic rings. The predicted molar refractivity (Wildman–Crippen MR) is 151 cm³/mol. The lowest BCUT2D eigenvalue weighted by Gasteiger charge is -2.68. The van der Waals surface area contributed by atoms with E-state index in [0.29, 0.717) is 28.6 Å². The Morgan fingerprint density at radius 3 is 2.78 bits per heavy atom. The van der Waals surface area contributed by atoms with Crippen LogP contribution in [-0.4, -0.2) is 61.2 Å². The number of aromatic amines is 1. The van der Waals surface area contributed by atoms with Crippen LogP contribution in [0.2, 0.25) is 10.0 Å². The first-order chi connectivity index (χ1) is 19.6. The van der Waals surface area contributed by atoms with Crippen LogP contribution in [0, 0.1) is 5.92 Å². The van der Waals surface area contributed by atoms with Crippen LogP contribution >= 0.6 is 23.2 Å². The minimum Gasteiger partial charge on any atom is -0.506 e. The third kappa shape index (κ3) is 4.04. The summed E-state index contributed by atoms with van der Waals surface area (Å²) in [5, 5.41) is 13.3. The zero-order valence-corrected chi connectivity index (χ0v) is 22.9. The van der Waals surface area contributed by atoms with E-state index in [-0.39, 0.29) is 44.9 Å². The Morgan fingerprint density at radius 2 is 2.07 bits per heavy atom. The van der Waals surface area contributed by atoms with Gasteiger partial charge in [-0.15, -0.1) is 0 Å². The Balaban J connectivity index is 1.17. The molecule has 8 rings (SSSR count). The molecule has 12 nitrogen and oxygen atoms in total. The van der Waals surface area contributed by atoms with Crippen LogP contribution in [0.5, 0.6) is 5.75 Å². The number of carbonyl (C=O) groups is 2. The first-order valence-corrected chi connectivity index (χ1v) is 13.7. The summed E-state index contributed by atoms with van der Waals surface area (Å²) in [4.78, 5) is 51.3. The number of nitrogens with zero attached hydrogens (tertiary/aromatic N) is 4. The summed E-state index contributed by atoms with van der Waals surface area (Å²) in [6.07, 6.45) is 6.75. The Bertz CT molecular complexity index is 1840.